The molecule has 124 valence electrons. The van der Waals surface area contributed by atoms with E-state index in [2.05, 4.69) is 0 Å². The molecular weight excluding hydrogens is 286 g/mol. The summed E-state index contributed by atoms with van der Waals surface area (Å²) in [6.07, 6.45) is 0.831. The first-order chi connectivity index (χ1) is 9.95. The predicted octanol–water partition coefficient (Wildman–Crippen LogP) is 2.67. The number of nitrogens with zero attached hydrogens (tertiary/aromatic N) is 1. The normalized spacial score (nSPS) is 18.4. The second-order valence-corrected chi connectivity index (χ2v) is 7.14. The molecule has 0 saturated carbocycles. The summed E-state index contributed by atoms with van der Waals surface area (Å²) in [6, 6.07) is 0. The maximum absolute atomic E-state index is 12.3. The molecule has 6 heteroatoms. The summed E-state index contributed by atoms with van der Waals surface area (Å²) < 4.78 is 10.2. The van der Waals surface area contributed by atoms with Gasteiger partial charge in [0.15, 0.2) is 5.78 Å². The van der Waals surface area contributed by atoms with Crippen molar-refractivity contribution in [3.05, 3.63) is 11.8 Å². The van der Waals surface area contributed by atoms with E-state index in [0.717, 1.165) is 0 Å². The van der Waals surface area contributed by atoms with Crippen molar-refractivity contribution in [3.8, 4) is 0 Å². The number of ketones is 1. The highest BCUT2D eigenvalue weighted by Gasteiger charge is 2.36. The fraction of sp³-hybridized carbons (Fsp3) is 0.688. The van der Waals surface area contributed by atoms with Crippen LogP contribution in [0.4, 0.5) is 4.79 Å². The Morgan fingerprint density at radius 3 is 2.41 bits per heavy atom. The highest BCUT2D eigenvalue weighted by atomic mass is 16.6. The summed E-state index contributed by atoms with van der Waals surface area (Å²) in [5.41, 5.74) is -1.23. The van der Waals surface area contributed by atoms with Crippen LogP contribution in [-0.2, 0) is 19.1 Å². The topological polar surface area (TPSA) is 72.9 Å². The van der Waals surface area contributed by atoms with Gasteiger partial charge < -0.3 is 9.47 Å². The number of hydrogen-bond donors (Lipinski definition) is 0. The fourth-order valence-corrected chi connectivity index (χ4v) is 2.13. The molecule has 22 heavy (non-hydrogen) atoms. The molecule has 0 bridgehead atoms. The lowest BCUT2D eigenvalue weighted by molar-refractivity contribution is -0.140. The molecule has 0 N–H and O–H groups in total. The summed E-state index contributed by atoms with van der Waals surface area (Å²) in [4.78, 5) is 37.8. The quantitative estimate of drug-likeness (QED) is 0.579. The smallest absolute Gasteiger partial charge is 0.414 e. The van der Waals surface area contributed by atoms with Gasteiger partial charge in [-0.25, -0.2) is 9.59 Å². The van der Waals surface area contributed by atoms with Crippen LogP contribution in [0.1, 0.15) is 48.0 Å². The van der Waals surface area contributed by atoms with Crippen molar-refractivity contribution in [1.29, 1.82) is 0 Å². The van der Waals surface area contributed by atoms with Crippen molar-refractivity contribution in [3.63, 3.8) is 0 Å². The molecule has 0 aromatic carbocycles. The maximum atomic E-state index is 12.3. The number of amides is 1. The van der Waals surface area contributed by atoms with Gasteiger partial charge in [-0.1, -0.05) is 13.8 Å². The van der Waals surface area contributed by atoms with Crippen LogP contribution in [0.25, 0.3) is 0 Å². The van der Waals surface area contributed by atoms with E-state index in [0.29, 0.717) is 0 Å². The minimum atomic E-state index is -0.709. The van der Waals surface area contributed by atoms with Gasteiger partial charge in [-0.2, -0.15) is 0 Å². The summed E-state index contributed by atoms with van der Waals surface area (Å²) >= 11 is 0. The van der Waals surface area contributed by atoms with Gasteiger partial charge in [0, 0.05) is 19.2 Å². The number of rotatable bonds is 2. The number of hydrogen-bond acceptors (Lipinski definition) is 5. The summed E-state index contributed by atoms with van der Waals surface area (Å²) in [7, 11) is 0. The van der Waals surface area contributed by atoms with E-state index in [1.54, 1.807) is 27.7 Å². The van der Waals surface area contributed by atoms with Crippen LogP contribution in [-0.4, -0.2) is 41.5 Å². The number of carbonyl (C=O) groups is 3. The van der Waals surface area contributed by atoms with E-state index in [4.69, 9.17) is 9.47 Å². The maximum Gasteiger partial charge on any atom is 0.414 e. The molecule has 1 heterocycles. The molecule has 0 fully saturated rings. The standard InChI is InChI=1S/C16H25NO5/c1-7-21-13(19)11-9-17(14(20)22-15(2,3)4)10-16(5,6)8-12(11)18/h9H,7-8,10H2,1-6H3. The molecule has 0 unspecified atom stereocenters. The van der Waals surface area contributed by atoms with Gasteiger partial charge in [0.2, 0.25) is 0 Å². The van der Waals surface area contributed by atoms with Crippen molar-refractivity contribution < 1.29 is 23.9 Å². The van der Waals surface area contributed by atoms with Crippen LogP contribution < -0.4 is 0 Å². The molecule has 0 aliphatic carbocycles. The Balaban J connectivity index is 3.12. The number of Topliss-reactive ketones (excluding diaryl/α,β-unsaturated/α-hetero) is 1. The highest BCUT2D eigenvalue weighted by Crippen LogP contribution is 2.29. The van der Waals surface area contributed by atoms with E-state index in [9.17, 15) is 14.4 Å². The van der Waals surface area contributed by atoms with Crippen LogP contribution in [0.15, 0.2) is 11.8 Å². The highest BCUT2D eigenvalue weighted by molar-refractivity contribution is 6.17. The van der Waals surface area contributed by atoms with E-state index in [1.807, 2.05) is 13.8 Å². The van der Waals surface area contributed by atoms with Crippen molar-refractivity contribution in [2.24, 2.45) is 5.41 Å². The Morgan fingerprint density at radius 1 is 1.32 bits per heavy atom. The first-order valence-electron chi connectivity index (χ1n) is 7.37. The molecule has 1 aliphatic heterocycles. The minimum absolute atomic E-state index is 0.113. The van der Waals surface area contributed by atoms with Crippen molar-refractivity contribution >= 4 is 17.8 Å². The van der Waals surface area contributed by atoms with E-state index in [1.165, 1.54) is 11.1 Å². The van der Waals surface area contributed by atoms with Crippen molar-refractivity contribution in [1.82, 2.24) is 4.90 Å². The second kappa shape index (κ2) is 6.50. The van der Waals surface area contributed by atoms with E-state index < -0.39 is 23.1 Å². The minimum Gasteiger partial charge on any atom is -0.462 e. The molecule has 6 nitrogen and oxygen atoms in total. The zero-order valence-electron chi connectivity index (χ0n) is 14.2. The third kappa shape index (κ3) is 5.16. The molecule has 1 amide bonds. The molecule has 0 aromatic heterocycles. The Hall–Kier alpha value is -1.85. The van der Waals surface area contributed by atoms with Gasteiger partial charge in [-0.15, -0.1) is 0 Å². The molecular formula is C16H25NO5. The summed E-state index contributed by atoms with van der Waals surface area (Å²) in [5, 5.41) is 0. The average molecular weight is 311 g/mol. The monoisotopic (exact) mass is 311 g/mol. The van der Waals surface area contributed by atoms with Gasteiger partial charge in [0.05, 0.1) is 6.61 Å². The number of esters is 1. The van der Waals surface area contributed by atoms with E-state index >= 15 is 0 Å². The Kier molecular flexibility index (Phi) is 5.38. The van der Waals surface area contributed by atoms with Gasteiger partial charge in [-0.3, -0.25) is 9.69 Å². The molecule has 0 saturated heterocycles. The summed E-state index contributed by atoms with van der Waals surface area (Å²) in [5.74, 6) is -1.03. The van der Waals surface area contributed by atoms with Crippen molar-refractivity contribution in [2.45, 2.75) is 53.6 Å². The molecule has 0 radical (unpaired) electrons. The Bertz CT molecular complexity index is 499. The van der Waals surface area contributed by atoms with Gasteiger partial charge >= 0.3 is 12.1 Å². The average Bonchev–Trinajstić information content (AvgIpc) is 2.42. The van der Waals surface area contributed by atoms with E-state index in [-0.39, 0.29) is 30.9 Å². The van der Waals surface area contributed by atoms with Gasteiger partial charge in [-0.05, 0) is 33.1 Å². The van der Waals surface area contributed by atoms with Crippen molar-refractivity contribution in [2.75, 3.05) is 13.2 Å². The Labute approximate surface area is 131 Å². The largest absolute Gasteiger partial charge is 0.462 e. The fourth-order valence-electron chi connectivity index (χ4n) is 2.13. The third-order valence-corrected chi connectivity index (χ3v) is 2.95. The van der Waals surface area contributed by atoms with Crippen LogP contribution in [0.5, 0.6) is 0 Å². The lowest BCUT2D eigenvalue weighted by atomic mass is 9.86. The van der Waals surface area contributed by atoms with Crippen LogP contribution in [0.3, 0.4) is 0 Å². The van der Waals surface area contributed by atoms with Crippen LogP contribution in [0.2, 0.25) is 0 Å². The third-order valence-electron chi connectivity index (χ3n) is 2.95. The molecule has 0 aromatic rings. The van der Waals surface area contributed by atoms with Gasteiger partial charge in [0.1, 0.15) is 11.2 Å². The number of ether oxygens (including phenoxy) is 2. The van der Waals surface area contributed by atoms with Crippen LogP contribution >= 0.6 is 0 Å². The Morgan fingerprint density at radius 2 is 1.91 bits per heavy atom. The predicted molar refractivity (Wildman–Crippen MR) is 81.1 cm³/mol. The lowest BCUT2D eigenvalue weighted by Gasteiger charge is -2.30. The SMILES string of the molecule is CCOC(=O)C1=CN(C(=O)OC(C)(C)C)CC(C)(C)CC1=O. The number of carbonyl (C=O) groups excluding carboxylic acids is 3. The molecule has 1 aliphatic rings. The molecule has 0 spiro atoms. The summed E-state index contributed by atoms with van der Waals surface area (Å²) in [6.45, 7) is 11.1. The first-order valence-corrected chi connectivity index (χ1v) is 7.37. The van der Waals surface area contributed by atoms with Gasteiger partial charge in [0.25, 0.3) is 0 Å². The second-order valence-electron chi connectivity index (χ2n) is 7.14. The first kappa shape index (κ1) is 18.2. The zero-order chi connectivity index (χ0) is 17.1. The zero-order valence-corrected chi connectivity index (χ0v) is 14.2. The van der Waals surface area contributed by atoms with Crippen LogP contribution in [0, 0.1) is 5.41 Å². The molecule has 0 atom stereocenters. The lowest BCUT2D eigenvalue weighted by Crippen LogP contribution is -2.38. The molecule has 1 rings (SSSR count).